The molecule has 2 aromatic rings. The van der Waals surface area contributed by atoms with Gasteiger partial charge in [-0.3, -0.25) is 10.1 Å². The van der Waals surface area contributed by atoms with E-state index in [9.17, 15) is 10.1 Å². The van der Waals surface area contributed by atoms with Crippen molar-refractivity contribution in [1.82, 2.24) is 4.57 Å². The van der Waals surface area contributed by atoms with E-state index in [1.54, 1.807) is 6.07 Å². The lowest BCUT2D eigenvalue weighted by Crippen LogP contribution is -2.15. The zero-order valence-corrected chi connectivity index (χ0v) is 13.0. The first kappa shape index (κ1) is 14.6. The highest BCUT2D eigenvalue weighted by molar-refractivity contribution is 5.66. The van der Waals surface area contributed by atoms with Crippen molar-refractivity contribution in [2.45, 2.75) is 45.6 Å². The zero-order chi connectivity index (χ0) is 15.7. The smallest absolute Gasteiger partial charge is 0.294 e. The number of hydrogen-bond acceptors (Lipinski definition) is 3. The van der Waals surface area contributed by atoms with E-state index < -0.39 is 0 Å². The van der Waals surface area contributed by atoms with Crippen LogP contribution in [0.15, 0.2) is 30.3 Å². The van der Waals surface area contributed by atoms with Crippen molar-refractivity contribution in [2.75, 3.05) is 5.32 Å². The molecule has 0 bridgehead atoms. The molecule has 116 valence electrons. The predicted molar refractivity (Wildman–Crippen MR) is 87.8 cm³/mol. The van der Waals surface area contributed by atoms with Crippen molar-refractivity contribution in [3.8, 4) is 5.69 Å². The molecule has 1 heterocycles. The average molecular weight is 299 g/mol. The van der Waals surface area contributed by atoms with E-state index >= 15 is 0 Å². The Balaban J connectivity index is 1.98. The summed E-state index contributed by atoms with van der Waals surface area (Å²) >= 11 is 0. The number of nitrogens with zero attached hydrogens (tertiary/aromatic N) is 2. The fourth-order valence-corrected chi connectivity index (χ4v) is 3.30. The van der Waals surface area contributed by atoms with E-state index in [0.29, 0.717) is 11.7 Å². The van der Waals surface area contributed by atoms with E-state index in [0.717, 1.165) is 29.9 Å². The van der Waals surface area contributed by atoms with Gasteiger partial charge in [-0.1, -0.05) is 12.8 Å². The van der Waals surface area contributed by atoms with Crippen LogP contribution in [0.2, 0.25) is 0 Å². The van der Waals surface area contributed by atoms with Crippen LogP contribution >= 0.6 is 0 Å². The molecule has 0 radical (unpaired) electrons. The van der Waals surface area contributed by atoms with Gasteiger partial charge in [0.05, 0.1) is 10.6 Å². The highest BCUT2D eigenvalue weighted by atomic mass is 16.6. The molecule has 0 unspecified atom stereocenters. The van der Waals surface area contributed by atoms with Crippen LogP contribution in [0.5, 0.6) is 0 Å². The lowest BCUT2D eigenvalue weighted by Gasteiger charge is -2.15. The topological polar surface area (TPSA) is 60.1 Å². The maximum atomic E-state index is 11.4. The van der Waals surface area contributed by atoms with Crippen molar-refractivity contribution in [3.63, 3.8) is 0 Å². The number of aryl methyl sites for hydroxylation is 2. The van der Waals surface area contributed by atoms with Crippen LogP contribution in [0.4, 0.5) is 11.4 Å². The lowest BCUT2D eigenvalue weighted by atomic mass is 10.2. The summed E-state index contributed by atoms with van der Waals surface area (Å²) in [5, 5.41) is 14.8. The zero-order valence-electron chi connectivity index (χ0n) is 13.0. The minimum atomic E-state index is -0.297. The van der Waals surface area contributed by atoms with Crippen molar-refractivity contribution in [2.24, 2.45) is 0 Å². The molecule has 1 aromatic carbocycles. The molecule has 1 aliphatic rings. The van der Waals surface area contributed by atoms with E-state index in [1.807, 2.05) is 42.7 Å². The summed E-state index contributed by atoms with van der Waals surface area (Å²) in [6.45, 7) is 4.01. The second-order valence-corrected chi connectivity index (χ2v) is 6.04. The molecule has 0 aliphatic heterocycles. The maximum absolute atomic E-state index is 11.4. The molecule has 0 saturated heterocycles. The van der Waals surface area contributed by atoms with Crippen LogP contribution in [0, 0.1) is 24.0 Å². The number of rotatable bonds is 4. The summed E-state index contributed by atoms with van der Waals surface area (Å²) < 4.78 is 2.03. The normalized spacial score (nSPS) is 15.2. The molecule has 3 rings (SSSR count). The summed E-state index contributed by atoms with van der Waals surface area (Å²) in [6.07, 6.45) is 4.58. The molecule has 5 heteroatoms. The second-order valence-electron chi connectivity index (χ2n) is 6.04. The Morgan fingerprint density at radius 3 is 2.36 bits per heavy atom. The number of aromatic nitrogens is 1. The van der Waals surface area contributed by atoms with E-state index in [1.165, 1.54) is 12.8 Å². The van der Waals surface area contributed by atoms with Gasteiger partial charge in [-0.2, -0.15) is 0 Å². The standard InChI is InChI=1S/C17H21N3O2/c1-12-7-8-13(2)19(12)15-9-10-16(17(11-15)20(21)22)18-14-5-3-4-6-14/h7-11,14,18H,3-6H2,1-2H3. The van der Waals surface area contributed by atoms with Crippen LogP contribution in [-0.4, -0.2) is 15.5 Å². The minimum absolute atomic E-state index is 0.150. The SMILES string of the molecule is Cc1ccc(C)n1-c1ccc(NC2CCCC2)c([N+](=O)[O-])c1. The third-order valence-electron chi connectivity index (χ3n) is 4.42. The average Bonchev–Trinajstić information content (AvgIpc) is 3.10. The fourth-order valence-electron chi connectivity index (χ4n) is 3.30. The molecular weight excluding hydrogens is 278 g/mol. The second kappa shape index (κ2) is 5.83. The summed E-state index contributed by atoms with van der Waals surface area (Å²) in [5.74, 6) is 0. The number of nitro benzene ring substituents is 1. The molecule has 1 fully saturated rings. The molecule has 1 aliphatic carbocycles. The number of benzene rings is 1. The Bertz CT molecular complexity index is 680. The van der Waals surface area contributed by atoms with Gasteiger partial charge in [0.15, 0.2) is 0 Å². The van der Waals surface area contributed by atoms with Gasteiger partial charge in [0.2, 0.25) is 0 Å². The Labute approximate surface area is 130 Å². The Morgan fingerprint density at radius 1 is 1.14 bits per heavy atom. The van der Waals surface area contributed by atoms with Gasteiger partial charge >= 0.3 is 0 Å². The van der Waals surface area contributed by atoms with Crippen molar-refractivity contribution in [3.05, 3.63) is 51.8 Å². The molecule has 0 spiro atoms. The third kappa shape index (κ3) is 2.71. The quantitative estimate of drug-likeness (QED) is 0.674. The van der Waals surface area contributed by atoms with E-state index in [4.69, 9.17) is 0 Å². The number of nitro groups is 1. The van der Waals surface area contributed by atoms with Gasteiger partial charge in [-0.15, -0.1) is 0 Å². The Hall–Kier alpha value is -2.30. The summed E-state index contributed by atoms with van der Waals surface area (Å²) in [4.78, 5) is 11.1. The first-order valence-corrected chi connectivity index (χ1v) is 7.76. The third-order valence-corrected chi connectivity index (χ3v) is 4.42. The molecule has 5 nitrogen and oxygen atoms in total. The molecule has 1 N–H and O–H groups in total. The Kier molecular flexibility index (Phi) is 3.88. The molecular formula is C17H21N3O2. The molecule has 22 heavy (non-hydrogen) atoms. The minimum Gasteiger partial charge on any atom is -0.377 e. The lowest BCUT2D eigenvalue weighted by molar-refractivity contribution is -0.384. The summed E-state index contributed by atoms with van der Waals surface area (Å²) in [6, 6.07) is 9.85. The van der Waals surface area contributed by atoms with Gasteiger partial charge in [0.25, 0.3) is 5.69 Å². The van der Waals surface area contributed by atoms with Gasteiger partial charge in [0, 0.05) is 23.5 Å². The summed E-state index contributed by atoms with van der Waals surface area (Å²) in [5.41, 5.74) is 3.76. The molecule has 1 saturated carbocycles. The van der Waals surface area contributed by atoms with Crippen LogP contribution in [-0.2, 0) is 0 Å². The van der Waals surface area contributed by atoms with Crippen molar-refractivity contribution >= 4 is 11.4 Å². The van der Waals surface area contributed by atoms with Crippen LogP contribution in [0.25, 0.3) is 5.69 Å². The monoisotopic (exact) mass is 299 g/mol. The van der Waals surface area contributed by atoms with Crippen LogP contribution < -0.4 is 5.32 Å². The van der Waals surface area contributed by atoms with Crippen LogP contribution in [0.3, 0.4) is 0 Å². The Morgan fingerprint density at radius 2 is 1.77 bits per heavy atom. The molecule has 1 aromatic heterocycles. The van der Waals surface area contributed by atoms with E-state index in [-0.39, 0.29) is 10.6 Å². The number of anilines is 1. The van der Waals surface area contributed by atoms with Crippen molar-refractivity contribution in [1.29, 1.82) is 0 Å². The maximum Gasteiger partial charge on any atom is 0.294 e. The highest BCUT2D eigenvalue weighted by Crippen LogP contribution is 2.31. The summed E-state index contributed by atoms with van der Waals surface area (Å²) in [7, 11) is 0. The first-order valence-electron chi connectivity index (χ1n) is 7.76. The van der Waals surface area contributed by atoms with Crippen molar-refractivity contribution < 1.29 is 4.92 Å². The van der Waals surface area contributed by atoms with E-state index in [2.05, 4.69) is 5.32 Å². The highest BCUT2D eigenvalue weighted by Gasteiger charge is 2.21. The van der Waals surface area contributed by atoms with Crippen LogP contribution in [0.1, 0.15) is 37.1 Å². The fraction of sp³-hybridized carbons (Fsp3) is 0.412. The molecule has 0 amide bonds. The predicted octanol–water partition coefficient (Wildman–Crippen LogP) is 4.36. The largest absolute Gasteiger partial charge is 0.377 e. The first-order chi connectivity index (χ1) is 10.6. The van der Waals surface area contributed by atoms with Gasteiger partial charge in [0.1, 0.15) is 5.69 Å². The molecule has 0 atom stereocenters. The van der Waals surface area contributed by atoms with Gasteiger partial charge < -0.3 is 9.88 Å². The number of nitrogens with one attached hydrogen (secondary N) is 1. The number of hydrogen-bond donors (Lipinski definition) is 1. The van der Waals surface area contributed by atoms with Gasteiger partial charge in [-0.25, -0.2) is 0 Å². The van der Waals surface area contributed by atoms with Gasteiger partial charge in [-0.05, 0) is 51.0 Å².